The van der Waals surface area contributed by atoms with E-state index >= 15 is 0 Å². The summed E-state index contributed by atoms with van der Waals surface area (Å²) in [6.45, 7) is 7.00. The van der Waals surface area contributed by atoms with Crippen LogP contribution in [0.4, 0.5) is 0 Å². The Balaban J connectivity index is 0.000000446. The van der Waals surface area contributed by atoms with E-state index in [1.807, 2.05) is 0 Å². The van der Waals surface area contributed by atoms with Gasteiger partial charge in [-0.25, -0.2) is 4.79 Å². The molecule has 0 aromatic heterocycles. The van der Waals surface area contributed by atoms with Gasteiger partial charge in [0.05, 0.1) is 10.6 Å². The van der Waals surface area contributed by atoms with Gasteiger partial charge < -0.3 is 5.11 Å². The summed E-state index contributed by atoms with van der Waals surface area (Å²) in [6, 6.07) is 4.25. The van der Waals surface area contributed by atoms with Gasteiger partial charge in [-0.2, -0.15) is 0 Å². The van der Waals surface area contributed by atoms with Gasteiger partial charge in [0.1, 0.15) is 0 Å². The molecule has 0 fully saturated rings. The van der Waals surface area contributed by atoms with Crippen LogP contribution in [0.2, 0.25) is 23.4 Å². The van der Waals surface area contributed by atoms with E-state index in [9.17, 15) is 4.79 Å². The molecule has 0 aliphatic carbocycles. The third-order valence-corrected chi connectivity index (χ3v) is 13.4. The van der Waals surface area contributed by atoms with Crippen molar-refractivity contribution in [3.05, 3.63) is 33.8 Å². The van der Waals surface area contributed by atoms with Gasteiger partial charge in [-0.3, -0.25) is 0 Å². The van der Waals surface area contributed by atoms with Gasteiger partial charge in [0.15, 0.2) is 0 Å². The summed E-state index contributed by atoms with van der Waals surface area (Å²) in [7, 11) is 0. The normalized spacial score (nSPS) is 10.4. The summed E-state index contributed by atoms with van der Waals surface area (Å²) in [4.78, 5) is 10.4. The molecule has 24 heavy (non-hydrogen) atoms. The molecule has 0 amide bonds. The van der Waals surface area contributed by atoms with Crippen molar-refractivity contribution >= 4 is 48.9 Å². The zero-order valence-corrected chi connectivity index (χ0v) is 19.6. The first-order valence-electron chi connectivity index (χ1n) is 8.98. The second-order valence-corrected chi connectivity index (χ2v) is 15.4. The number of rotatable bonds is 10. The number of carbonyl (C=O) groups is 1. The van der Waals surface area contributed by atoms with Gasteiger partial charge in [-0.15, -0.1) is 0 Å². The minimum atomic E-state index is -1.05. The average molecular weight is 481 g/mol. The van der Waals surface area contributed by atoms with Crippen LogP contribution in [0, 0.1) is 0 Å². The maximum absolute atomic E-state index is 10.4. The van der Waals surface area contributed by atoms with Crippen molar-refractivity contribution < 1.29 is 9.90 Å². The summed E-state index contributed by atoms with van der Waals surface area (Å²) >= 11 is 10.3. The third-order valence-electron chi connectivity index (χ3n) is 3.81. The molecule has 0 bridgehead atoms. The van der Waals surface area contributed by atoms with Crippen LogP contribution in [0.15, 0.2) is 18.2 Å². The molecule has 5 heteroatoms. The van der Waals surface area contributed by atoms with Crippen LogP contribution in [-0.2, 0) is 0 Å². The minimum Gasteiger partial charge on any atom is -0.478 e. The van der Waals surface area contributed by atoms with Crippen LogP contribution in [0.3, 0.4) is 0 Å². The van der Waals surface area contributed by atoms with Gasteiger partial charge in [-0.1, -0.05) is 23.2 Å². The fourth-order valence-electron chi connectivity index (χ4n) is 2.32. The number of hydrogen-bond acceptors (Lipinski definition) is 1. The molecule has 1 N–H and O–H groups in total. The van der Waals surface area contributed by atoms with Crippen LogP contribution in [0.5, 0.6) is 0 Å². The van der Waals surface area contributed by atoms with Crippen molar-refractivity contribution in [3.8, 4) is 0 Å². The van der Waals surface area contributed by atoms with Crippen LogP contribution < -0.4 is 0 Å². The molecule has 0 heterocycles. The molecule has 1 radical (unpaired) electrons. The molecule has 0 aliphatic heterocycles. The summed E-state index contributed by atoms with van der Waals surface area (Å²) in [6.07, 6.45) is 8.85. The number of carboxylic acid groups (broad SMARTS) is 1. The van der Waals surface area contributed by atoms with Crippen molar-refractivity contribution in [1.82, 2.24) is 0 Å². The zero-order valence-electron chi connectivity index (χ0n) is 15.2. The Labute approximate surface area is 164 Å². The smallest absolute Gasteiger partial charge is 0.337 e. The summed E-state index contributed by atoms with van der Waals surface area (Å²) in [5.74, 6) is -1.05. The Morgan fingerprint density at radius 1 is 0.958 bits per heavy atom. The fourth-order valence-corrected chi connectivity index (χ4v) is 12.3. The number of aromatic carboxylic acids is 1. The largest absolute Gasteiger partial charge is 0.478 e. The average Bonchev–Trinajstić information content (AvgIpc) is 2.54. The molecule has 0 unspecified atom stereocenters. The van der Waals surface area contributed by atoms with Crippen LogP contribution in [0.1, 0.15) is 69.7 Å². The maximum atomic E-state index is 10.4. The van der Waals surface area contributed by atoms with Crippen molar-refractivity contribution in [2.24, 2.45) is 0 Å². The number of benzene rings is 1. The van der Waals surface area contributed by atoms with Crippen molar-refractivity contribution in [2.75, 3.05) is 0 Å². The molecule has 1 aromatic carbocycles. The Morgan fingerprint density at radius 2 is 1.42 bits per heavy atom. The molecule has 0 aliphatic rings. The van der Waals surface area contributed by atoms with Gasteiger partial charge in [0.25, 0.3) is 0 Å². The molecule has 1 aromatic rings. The van der Waals surface area contributed by atoms with Crippen molar-refractivity contribution in [1.29, 1.82) is 0 Å². The SMILES string of the molecule is CCC[CH2][Sn]([CH2]CCC)[CH2]CCC.O=C(O)c1ccc(Cl)cc1Cl. The Bertz CT molecular complexity index is 448. The van der Waals surface area contributed by atoms with E-state index in [1.54, 1.807) is 13.3 Å². The Morgan fingerprint density at radius 3 is 1.75 bits per heavy atom. The van der Waals surface area contributed by atoms with Gasteiger partial charge in [-0.05, 0) is 18.2 Å². The van der Waals surface area contributed by atoms with Crippen molar-refractivity contribution in [3.63, 3.8) is 0 Å². The van der Waals surface area contributed by atoms with Gasteiger partial charge in [0.2, 0.25) is 0 Å². The summed E-state index contributed by atoms with van der Waals surface area (Å²) < 4.78 is 5.04. The van der Waals surface area contributed by atoms with Gasteiger partial charge in [0, 0.05) is 5.02 Å². The first kappa shape index (κ1) is 24.1. The monoisotopic (exact) mass is 481 g/mol. The molecule has 0 saturated heterocycles. The van der Waals surface area contributed by atoms with Crippen molar-refractivity contribution in [2.45, 2.75) is 72.6 Å². The molecule has 1 rings (SSSR count). The predicted molar refractivity (Wildman–Crippen MR) is 108 cm³/mol. The first-order chi connectivity index (χ1) is 11.5. The van der Waals surface area contributed by atoms with E-state index in [4.69, 9.17) is 28.3 Å². The van der Waals surface area contributed by atoms with Crippen LogP contribution >= 0.6 is 23.2 Å². The molecular weight excluding hydrogens is 450 g/mol. The van der Waals surface area contributed by atoms with Crippen LogP contribution in [-0.4, -0.2) is 30.8 Å². The van der Waals surface area contributed by atoms with E-state index in [0.717, 1.165) is 0 Å². The topological polar surface area (TPSA) is 37.3 Å². The Hall–Kier alpha value is 0.0687. The maximum Gasteiger partial charge on any atom is 0.337 e. The molecule has 0 spiro atoms. The zero-order chi connectivity index (χ0) is 18.4. The predicted octanol–water partition coefficient (Wildman–Crippen LogP) is 7.57. The standard InChI is InChI=1S/C7H4Cl2O2.3C4H9.Sn/c8-4-1-2-5(7(10)11)6(9)3-4;3*1-3-4-2;/h1-3H,(H,10,11);3*1,3-4H2,2H3;. The first-order valence-corrected chi connectivity index (χ1v) is 15.8. The van der Waals surface area contributed by atoms with E-state index in [-0.39, 0.29) is 10.6 Å². The number of hydrogen-bond donors (Lipinski definition) is 1. The fraction of sp³-hybridized carbons (Fsp3) is 0.632. The van der Waals surface area contributed by atoms with E-state index < -0.39 is 25.7 Å². The minimum absolute atomic E-state index is 0.0658. The molecule has 137 valence electrons. The summed E-state index contributed by atoms with van der Waals surface area (Å²) in [5.41, 5.74) is 0.0658. The van der Waals surface area contributed by atoms with E-state index in [0.29, 0.717) is 5.02 Å². The van der Waals surface area contributed by atoms with Gasteiger partial charge >= 0.3 is 98.3 Å². The molecule has 0 atom stereocenters. The third kappa shape index (κ3) is 11.6. The quantitative estimate of drug-likeness (QED) is 0.350. The second kappa shape index (κ2) is 15.3. The molecule has 0 saturated carbocycles. The molecular formula is C19H31Cl2O2Sn. The Kier molecular flexibility index (Phi) is 15.4. The van der Waals surface area contributed by atoms with E-state index in [2.05, 4.69) is 20.8 Å². The van der Waals surface area contributed by atoms with Crippen LogP contribution in [0.25, 0.3) is 0 Å². The summed E-state index contributed by atoms with van der Waals surface area (Å²) in [5, 5.41) is 9.12. The van der Waals surface area contributed by atoms with E-state index in [1.165, 1.54) is 56.7 Å². The number of halogens is 2. The number of carboxylic acids is 1. The number of unbranched alkanes of at least 4 members (excludes halogenated alkanes) is 3. The second-order valence-electron chi connectivity index (χ2n) is 5.99. The molecule has 2 nitrogen and oxygen atoms in total.